The second-order valence-electron chi connectivity index (χ2n) is 13.1. The van der Waals surface area contributed by atoms with Gasteiger partial charge in [-0.2, -0.15) is 26.3 Å². The van der Waals surface area contributed by atoms with Crippen molar-refractivity contribution in [1.82, 2.24) is 0 Å². The zero-order valence-corrected chi connectivity index (χ0v) is 29.7. The molecule has 8 nitrogen and oxygen atoms in total. The van der Waals surface area contributed by atoms with Crippen molar-refractivity contribution in [3.8, 4) is 22.3 Å². The number of carbonyl (C=O) groups is 4. The summed E-state index contributed by atoms with van der Waals surface area (Å²) in [5, 5.41) is 0. The lowest BCUT2D eigenvalue weighted by Gasteiger charge is -2.21. The monoisotopic (exact) mass is 794 g/mol. The summed E-state index contributed by atoms with van der Waals surface area (Å²) in [6.45, 7) is 0. The summed E-state index contributed by atoms with van der Waals surface area (Å²) in [6.07, 6.45) is -10.3. The van der Waals surface area contributed by atoms with Crippen LogP contribution in [0, 0.1) is 0 Å². The molecule has 6 aromatic carbocycles. The van der Waals surface area contributed by atoms with Gasteiger partial charge in [0.1, 0.15) is 0 Å². The van der Waals surface area contributed by atoms with Crippen molar-refractivity contribution in [3.63, 3.8) is 0 Å². The highest BCUT2D eigenvalue weighted by molar-refractivity contribution is 7.99. The second-order valence-corrected chi connectivity index (χ2v) is 14.2. The number of alkyl halides is 6. The van der Waals surface area contributed by atoms with Crippen LogP contribution in [-0.4, -0.2) is 23.6 Å². The van der Waals surface area contributed by atoms with E-state index < -0.39 is 68.3 Å². The minimum Gasteiger partial charge on any atom is -0.399 e. The van der Waals surface area contributed by atoms with Crippen LogP contribution in [0.1, 0.15) is 52.6 Å². The number of carbonyl (C=O) groups excluding carboxylic acids is 4. The largest absolute Gasteiger partial charge is 0.417 e. The Morgan fingerprint density at radius 3 is 1.09 bits per heavy atom. The predicted octanol–water partition coefficient (Wildman–Crippen LogP) is 9.97. The first-order chi connectivity index (χ1) is 27.0. The molecule has 0 bridgehead atoms. The topological polar surface area (TPSA) is 127 Å². The van der Waals surface area contributed by atoms with Gasteiger partial charge >= 0.3 is 12.4 Å². The van der Waals surface area contributed by atoms with Crippen molar-refractivity contribution >= 4 is 58.1 Å². The first kappa shape index (κ1) is 37.1. The maximum Gasteiger partial charge on any atom is 0.417 e. The maximum absolute atomic E-state index is 14.6. The van der Waals surface area contributed by atoms with E-state index >= 15 is 0 Å². The lowest BCUT2D eigenvalue weighted by molar-refractivity contribution is -0.140. The minimum absolute atomic E-state index is 0.0404. The second kappa shape index (κ2) is 13.4. The van der Waals surface area contributed by atoms with Gasteiger partial charge in [0.2, 0.25) is 0 Å². The fourth-order valence-corrected chi connectivity index (χ4v) is 7.79. The summed E-state index contributed by atoms with van der Waals surface area (Å²) in [7, 11) is 0. The first-order valence-corrected chi connectivity index (χ1v) is 17.7. The molecule has 0 unspecified atom stereocenters. The van der Waals surface area contributed by atoms with E-state index in [1.165, 1.54) is 24.3 Å². The molecule has 0 atom stereocenters. The molecule has 0 fully saturated rings. The summed E-state index contributed by atoms with van der Waals surface area (Å²) in [5.41, 5.74) is 11.1. The third-order valence-electron chi connectivity index (χ3n) is 9.53. The van der Waals surface area contributed by atoms with Gasteiger partial charge < -0.3 is 11.5 Å². The van der Waals surface area contributed by atoms with Gasteiger partial charge in [0.05, 0.1) is 44.8 Å². The first-order valence-electron chi connectivity index (χ1n) is 16.9. The number of nitrogens with two attached hydrogens (primary N) is 2. The summed E-state index contributed by atoms with van der Waals surface area (Å²) in [4.78, 5) is 53.6. The smallest absolute Gasteiger partial charge is 0.399 e. The van der Waals surface area contributed by atoms with Crippen molar-refractivity contribution in [2.75, 3.05) is 21.3 Å². The average molecular weight is 795 g/mol. The number of imide groups is 2. The van der Waals surface area contributed by atoms with Gasteiger partial charge in [-0.1, -0.05) is 48.2 Å². The number of hydrogen-bond acceptors (Lipinski definition) is 7. The number of amides is 4. The highest BCUT2D eigenvalue weighted by Gasteiger charge is 2.42. The third kappa shape index (κ3) is 6.54. The summed E-state index contributed by atoms with van der Waals surface area (Å²) in [6, 6.07) is 27.1. The van der Waals surface area contributed by atoms with Crippen molar-refractivity contribution in [2.45, 2.75) is 22.1 Å². The van der Waals surface area contributed by atoms with Crippen LogP contribution in [0.25, 0.3) is 22.3 Å². The van der Waals surface area contributed by atoms with Crippen LogP contribution in [-0.2, 0) is 12.4 Å². The van der Waals surface area contributed by atoms with E-state index in [2.05, 4.69) is 0 Å². The standard InChI is InChI=1S/C42H24F6N4O4S/c43-41(44,45)33-19-27(51-37(53)29-13-5-23(17-31(29)39(51)55)21-1-7-25(49)8-2-21)11-15-35(33)57-36-16-12-28(20-34(36)42(46,47)48)52-38(54)30-14-6-24(18-32(30)40(52)56)22-3-9-26(50)10-4-22/h1-20H,49-50H2. The minimum atomic E-state index is -5.14. The average Bonchev–Trinajstić information content (AvgIpc) is 3.57. The SMILES string of the molecule is Nc1ccc(-c2ccc3c(c2)C(=O)N(c2ccc(Sc4ccc(N5C(=O)c6ccc(-c7ccc(N)cc7)cc6C5=O)cc4C(F)(F)F)c(C(F)(F)F)c2)C3=O)cc1. The van der Waals surface area contributed by atoms with Gasteiger partial charge in [0.25, 0.3) is 23.6 Å². The Hall–Kier alpha value is -6.87. The van der Waals surface area contributed by atoms with Gasteiger partial charge in [-0.05, 0) is 107 Å². The van der Waals surface area contributed by atoms with Crippen molar-refractivity contribution < 1.29 is 45.5 Å². The van der Waals surface area contributed by atoms with E-state index in [0.29, 0.717) is 55.6 Å². The van der Waals surface area contributed by atoms with Crippen LogP contribution in [0.4, 0.5) is 49.1 Å². The lowest BCUT2D eigenvalue weighted by Crippen LogP contribution is -2.29. The van der Waals surface area contributed by atoms with Gasteiger partial charge in [0.15, 0.2) is 0 Å². The number of nitrogen functional groups attached to an aromatic ring is 2. The number of anilines is 4. The fraction of sp³-hybridized carbons (Fsp3) is 0.0476. The molecule has 2 heterocycles. The van der Waals surface area contributed by atoms with Crippen molar-refractivity contribution in [1.29, 1.82) is 0 Å². The van der Waals surface area contributed by atoms with E-state index in [0.717, 1.165) is 24.3 Å². The normalized spacial score (nSPS) is 14.1. The number of halogens is 6. The van der Waals surface area contributed by atoms with Crippen LogP contribution in [0.3, 0.4) is 0 Å². The molecule has 0 spiro atoms. The molecular weight excluding hydrogens is 771 g/mol. The Bertz CT molecular complexity index is 2510. The van der Waals surface area contributed by atoms with Crippen LogP contribution >= 0.6 is 11.8 Å². The molecule has 0 saturated carbocycles. The van der Waals surface area contributed by atoms with E-state index in [1.807, 2.05) is 0 Å². The molecular formula is C42H24F6N4O4S. The number of hydrogen-bond donors (Lipinski definition) is 2. The van der Waals surface area contributed by atoms with E-state index in [1.54, 1.807) is 60.7 Å². The number of nitrogens with zero attached hydrogens (tertiary/aromatic N) is 2. The molecule has 2 aliphatic rings. The molecule has 6 aromatic rings. The molecule has 57 heavy (non-hydrogen) atoms. The molecule has 4 N–H and O–H groups in total. The summed E-state index contributed by atoms with van der Waals surface area (Å²) in [5.74, 6) is -3.52. The van der Waals surface area contributed by atoms with Crippen LogP contribution in [0.15, 0.2) is 131 Å². The van der Waals surface area contributed by atoms with Crippen LogP contribution in [0.5, 0.6) is 0 Å². The van der Waals surface area contributed by atoms with Crippen LogP contribution in [0.2, 0.25) is 0 Å². The molecule has 0 aromatic heterocycles. The number of benzene rings is 6. The maximum atomic E-state index is 14.6. The molecule has 8 rings (SSSR count). The van der Waals surface area contributed by atoms with Gasteiger partial charge in [-0.25, -0.2) is 9.80 Å². The summed E-state index contributed by atoms with van der Waals surface area (Å²) >= 11 is 0.141. The van der Waals surface area contributed by atoms with Crippen molar-refractivity contribution in [3.05, 3.63) is 155 Å². The molecule has 15 heteroatoms. The Morgan fingerprint density at radius 1 is 0.404 bits per heavy atom. The Kier molecular flexibility index (Phi) is 8.72. The Balaban J connectivity index is 1.10. The predicted molar refractivity (Wildman–Crippen MR) is 202 cm³/mol. The fourth-order valence-electron chi connectivity index (χ4n) is 6.71. The van der Waals surface area contributed by atoms with E-state index in [9.17, 15) is 45.5 Å². The third-order valence-corrected chi connectivity index (χ3v) is 10.7. The molecule has 0 saturated heterocycles. The van der Waals surface area contributed by atoms with Gasteiger partial charge in [-0.15, -0.1) is 0 Å². The van der Waals surface area contributed by atoms with Crippen molar-refractivity contribution in [2.24, 2.45) is 0 Å². The summed E-state index contributed by atoms with van der Waals surface area (Å²) < 4.78 is 87.6. The molecule has 284 valence electrons. The van der Waals surface area contributed by atoms with Gasteiger partial charge in [-0.3, -0.25) is 19.2 Å². The van der Waals surface area contributed by atoms with Gasteiger partial charge in [0, 0.05) is 21.2 Å². The highest BCUT2D eigenvalue weighted by atomic mass is 32.2. The highest BCUT2D eigenvalue weighted by Crippen LogP contribution is 2.47. The van der Waals surface area contributed by atoms with E-state index in [4.69, 9.17) is 11.5 Å². The molecule has 2 aliphatic heterocycles. The van der Waals surface area contributed by atoms with Crippen LogP contribution < -0.4 is 21.3 Å². The Labute approximate surface area is 323 Å². The zero-order chi connectivity index (χ0) is 40.6. The number of rotatable bonds is 6. The number of fused-ring (bicyclic) bond motifs is 2. The lowest BCUT2D eigenvalue weighted by atomic mass is 10.00. The molecule has 0 aliphatic carbocycles. The van der Waals surface area contributed by atoms with E-state index in [-0.39, 0.29) is 34.0 Å². The Morgan fingerprint density at radius 2 is 0.737 bits per heavy atom. The molecule has 0 radical (unpaired) electrons. The molecule has 4 amide bonds. The zero-order valence-electron chi connectivity index (χ0n) is 28.9. The quantitative estimate of drug-likeness (QED) is 0.0977.